The largest absolute Gasteiger partial charge is 0.487 e. The molecule has 0 bridgehead atoms. The fraction of sp³-hybridized carbons (Fsp3) is 0.267. The molecule has 0 aliphatic carbocycles. The van der Waals surface area contributed by atoms with Crippen LogP contribution in [-0.2, 0) is 13.0 Å². The molecule has 0 saturated heterocycles. The minimum atomic E-state index is 0.129. The van der Waals surface area contributed by atoms with Gasteiger partial charge in [0.15, 0.2) is 0 Å². The molecule has 3 heteroatoms. The van der Waals surface area contributed by atoms with E-state index in [-0.39, 0.29) is 6.04 Å². The zero-order valence-electron chi connectivity index (χ0n) is 10.5. The molecular formula is C15H18N2O. The van der Waals surface area contributed by atoms with Gasteiger partial charge in [-0.1, -0.05) is 24.3 Å². The zero-order valence-corrected chi connectivity index (χ0v) is 10.5. The smallest absolute Gasteiger partial charge is 0.130 e. The Labute approximate surface area is 108 Å². The first kappa shape index (κ1) is 12.6. The van der Waals surface area contributed by atoms with Gasteiger partial charge in [0.2, 0.25) is 0 Å². The lowest BCUT2D eigenvalue weighted by atomic mass is 10.1. The number of pyridine rings is 1. The summed E-state index contributed by atoms with van der Waals surface area (Å²) in [6.07, 6.45) is 2.59. The molecule has 2 rings (SSSR count). The van der Waals surface area contributed by atoms with Gasteiger partial charge < -0.3 is 10.5 Å². The quantitative estimate of drug-likeness (QED) is 0.876. The Kier molecular flexibility index (Phi) is 4.31. The second-order valence-corrected chi connectivity index (χ2v) is 4.40. The van der Waals surface area contributed by atoms with E-state index in [0.717, 1.165) is 23.4 Å². The van der Waals surface area contributed by atoms with E-state index in [0.29, 0.717) is 6.61 Å². The van der Waals surface area contributed by atoms with Crippen molar-refractivity contribution in [2.75, 3.05) is 0 Å². The van der Waals surface area contributed by atoms with Crippen LogP contribution in [-0.4, -0.2) is 11.0 Å². The Morgan fingerprint density at radius 2 is 1.94 bits per heavy atom. The lowest BCUT2D eigenvalue weighted by Crippen LogP contribution is -2.18. The van der Waals surface area contributed by atoms with Crippen LogP contribution >= 0.6 is 0 Å². The fourth-order valence-electron chi connectivity index (χ4n) is 1.80. The number of nitrogens with zero attached hydrogens (tertiary/aromatic N) is 1. The molecule has 2 N–H and O–H groups in total. The summed E-state index contributed by atoms with van der Waals surface area (Å²) in [6.45, 7) is 2.48. The molecule has 0 aliphatic rings. The minimum absolute atomic E-state index is 0.129. The third kappa shape index (κ3) is 3.57. The molecule has 1 heterocycles. The Balaban J connectivity index is 2.05. The number of hydrogen-bond donors (Lipinski definition) is 1. The number of benzene rings is 1. The molecule has 1 aromatic carbocycles. The Morgan fingerprint density at radius 3 is 2.67 bits per heavy atom. The van der Waals surface area contributed by atoms with E-state index in [1.807, 2.05) is 43.3 Å². The average molecular weight is 242 g/mol. The van der Waals surface area contributed by atoms with E-state index in [1.165, 1.54) is 0 Å². The standard InChI is InChI=1S/C15H18N2O/c1-12(16)10-13-6-2-3-8-15(13)18-11-14-7-4-5-9-17-14/h2-9,12H,10-11,16H2,1H3. The van der Waals surface area contributed by atoms with E-state index in [2.05, 4.69) is 11.1 Å². The van der Waals surface area contributed by atoms with Crippen molar-refractivity contribution < 1.29 is 4.74 Å². The molecule has 1 atom stereocenters. The van der Waals surface area contributed by atoms with Crippen molar-refractivity contribution in [3.05, 3.63) is 59.9 Å². The summed E-state index contributed by atoms with van der Waals surface area (Å²) in [5, 5.41) is 0. The molecule has 2 aromatic rings. The summed E-state index contributed by atoms with van der Waals surface area (Å²) in [5.41, 5.74) is 7.90. The molecule has 0 radical (unpaired) electrons. The number of ether oxygens (including phenoxy) is 1. The third-order valence-corrected chi connectivity index (χ3v) is 2.62. The topological polar surface area (TPSA) is 48.1 Å². The Hall–Kier alpha value is -1.87. The first-order valence-electron chi connectivity index (χ1n) is 6.12. The highest BCUT2D eigenvalue weighted by Gasteiger charge is 2.05. The van der Waals surface area contributed by atoms with Gasteiger partial charge in [-0.25, -0.2) is 0 Å². The number of nitrogens with two attached hydrogens (primary N) is 1. The lowest BCUT2D eigenvalue weighted by molar-refractivity contribution is 0.297. The summed E-state index contributed by atoms with van der Waals surface area (Å²) in [7, 11) is 0. The van der Waals surface area contributed by atoms with Crippen molar-refractivity contribution >= 4 is 0 Å². The first-order chi connectivity index (χ1) is 8.75. The maximum absolute atomic E-state index is 5.83. The highest BCUT2D eigenvalue weighted by atomic mass is 16.5. The number of rotatable bonds is 5. The molecule has 0 fully saturated rings. The molecule has 94 valence electrons. The van der Waals surface area contributed by atoms with Crippen molar-refractivity contribution in [1.29, 1.82) is 0 Å². The zero-order chi connectivity index (χ0) is 12.8. The van der Waals surface area contributed by atoms with Crippen LogP contribution in [0.15, 0.2) is 48.7 Å². The summed E-state index contributed by atoms with van der Waals surface area (Å²) >= 11 is 0. The highest BCUT2D eigenvalue weighted by molar-refractivity contribution is 5.34. The number of para-hydroxylation sites is 1. The van der Waals surface area contributed by atoms with Gasteiger partial charge in [0.1, 0.15) is 12.4 Å². The van der Waals surface area contributed by atoms with Gasteiger partial charge >= 0.3 is 0 Å². The molecule has 1 aromatic heterocycles. The van der Waals surface area contributed by atoms with Crippen LogP contribution in [0.2, 0.25) is 0 Å². The number of aromatic nitrogens is 1. The maximum atomic E-state index is 5.83. The summed E-state index contributed by atoms with van der Waals surface area (Å²) < 4.78 is 5.81. The van der Waals surface area contributed by atoms with Crippen molar-refractivity contribution in [3.63, 3.8) is 0 Å². The number of hydrogen-bond acceptors (Lipinski definition) is 3. The Bertz CT molecular complexity index is 483. The molecule has 18 heavy (non-hydrogen) atoms. The van der Waals surface area contributed by atoms with E-state index in [4.69, 9.17) is 10.5 Å². The van der Waals surface area contributed by atoms with Gasteiger partial charge in [-0.3, -0.25) is 4.98 Å². The van der Waals surface area contributed by atoms with Gasteiger partial charge in [0.05, 0.1) is 5.69 Å². The van der Waals surface area contributed by atoms with Crippen molar-refractivity contribution in [1.82, 2.24) is 4.98 Å². The van der Waals surface area contributed by atoms with Gasteiger partial charge in [0, 0.05) is 12.2 Å². The van der Waals surface area contributed by atoms with E-state index < -0.39 is 0 Å². The molecule has 3 nitrogen and oxygen atoms in total. The molecular weight excluding hydrogens is 224 g/mol. The van der Waals surface area contributed by atoms with Gasteiger partial charge in [0.25, 0.3) is 0 Å². The van der Waals surface area contributed by atoms with Crippen molar-refractivity contribution in [2.24, 2.45) is 5.73 Å². The van der Waals surface area contributed by atoms with Crippen molar-refractivity contribution in [3.8, 4) is 5.75 Å². The van der Waals surface area contributed by atoms with E-state index in [1.54, 1.807) is 6.20 Å². The van der Waals surface area contributed by atoms with Crippen LogP contribution in [0.4, 0.5) is 0 Å². The summed E-state index contributed by atoms with van der Waals surface area (Å²) in [4.78, 5) is 4.23. The van der Waals surface area contributed by atoms with Crippen molar-refractivity contribution in [2.45, 2.75) is 26.0 Å². The van der Waals surface area contributed by atoms with Crippen LogP contribution < -0.4 is 10.5 Å². The van der Waals surface area contributed by atoms with Gasteiger partial charge in [-0.15, -0.1) is 0 Å². The van der Waals surface area contributed by atoms with Crippen LogP contribution in [0, 0.1) is 0 Å². The fourth-order valence-corrected chi connectivity index (χ4v) is 1.80. The van der Waals surface area contributed by atoms with E-state index in [9.17, 15) is 0 Å². The molecule has 0 saturated carbocycles. The minimum Gasteiger partial charge on any atom is -0.487 e. The van der Waals surface area contributed by atoms with Crippen LogP contribution in [0.3, 0.4) is 0 Å². The first-order valence-corrected chi connectivity index (χ1v) is 6.12. The second-order valence-electron chi connectivity index (χ2n) is 4.40. The van der Waals surface area contributed by atoms with E-state index >= 15 is 0 Å². The van der Waals surface area contributed by atoms with Crippen LogP contribution in [0.5, 0.6) is 5.75 Å². The highest BCUT2D eigenvalue weighted by Crippen LogP contribution is 2.20. The van der Waals surface area contributed by atoms with Crippen LogP contribution in [0.25, 0.3) is 0 Å². The summed E-state index contributed by atoms with van der Waals surface area (Å²) in [6, 6.07) is 13.9. The molecule has 0 amide bonds. The predicted octanol–water partition coefficient (Wildman–Crippen LogP) is 2.55. The SMILES string of the molecule is CC(N)Cc1ccccc1OCc1ccccn1. The van der Waals surface area contributed by atoms with Gasteiger partial charge in [-0.05, 0) is 37.1 Å². The predicted molar refractivity (Wildman–Crippen MR) is 72.4 cm³/mol. The third-order valence-electron chi connectivity index (χ3n) is 2.62. The van der Waals surface area contributed by atoms with Crippen LogP contribution in [0.1, 0.15) is 18.2 Å². The Morgan fingerprint density at radius 1 is 1.17 bits per heavy atom. The lowest BCUT2D eigenvalue weighted by Gasteiger charge is -2.12. The van der Waals surface area contributed by atoms with Gasteiger partial charge in [-0.2, -0.15) is 0 Å². The monoisotopic (exact) mass is 242 g/mol. The molecule has 1 unspecified atom stereocenters. The maximum Gasteiger partial charge on any atom is 0.130 e. The second kappa shape index (κ2) is 6.17. The molecule has 0 aliphatic heterocycles. The molecule has 0 spiro atoms. The summed E-state index contributed by atoms with van der Waals surface area (Å²) in [5.74, 6) is 0.889. The average Bonchev–Trinajstić information content (AvgIpc) is 2.38. The normalized spacial score (nSPS) is 12.1.